The van der Waals surface area contributed by atoms with Gasteiger partial charge in [-0.25, -0.2) is 0 Å². The summed E-state index contributed by atoms with van der Waals surface area (Å²) in [7, 11) is 0. The van der Waals surface area contributed by atoms with Gasteiger partial charge < -0.3 is 5.11 Å². The zero-order valence-electron chi connectivity index (χ0n) is 5.98. The van der Waals surface area contributed by atoms with Gasteiger partial charge in [-0.2, -0.15) is 13.2 Å². The first-order valence-corrected chi connectivity index (χ1v) is 4.48. The number of hydrogen-bond acceptors (Lipinski definition) is 2. The molecule has 0 bridgehead atoms. The molecule has 0 aliphatic heterocycles. The molecule has 1 atom stereocenters. The van der Waals surface area contributed by atoms with Gasteiger partial charge in [-0.3, -0.25) is 0 Å². The molecule has 0 aromatic rings. The molecule has 0 spiro atoms. The highest BCUT2D eigenvalue weighted by Crippen LogP contribution is 2.53. The molecule has 1 rings (SSSR count). The maximum absolute atomic E-state index is 12.1. The first kappa shape index (κ1) is 9.19. The van der Waals surface area contributed by atoms with Gasteiger partial charge in [0.15, 0.2) is 0 Å². The second-order valence-electron chi connectivity index (χ2n) is 2.67. The Bertz CT molecular complexity index is 154. The molecule has 0 saturated heterocycles. The topological polar surface area (TPSA) is 20.2 Å². The molecule has 66 valence electrons. The van der Waals surface area contributed by atoms with Crippen LogP contribution in [0.1, 0.15) is 12.8 Å². The summed E-state index contributed by atoms with van der Waals surface area (Å²) in [5.74, 6) is -0.586. The zero-order chi connectivity index (χ0) is 8.70. The minimum absolute atomic E-state index is 0.480. The second kappa shape index (κ2) is 2.55. The highest BCUT2D eigenvalue weighted by molar-refractivity contribution is 7.99. The Morgan fingerprint density at radius 2 is 1.82 bits per heavy atom. The molecule has 0 heterocycles. The fraction of sp³-hybridized carbons (Fsp3) is 1.00. The largest absolute Gasteiger partial charge is 0.427 e. The van der Waals surface area contributed by atoms with Crippen molar-refractivity contribution in [3.8, 4) is 0 Å². The molecule has 1 unspecified atom stereocenters. The highest BCUT2D eigenvalue weighted by Gasteiger charge is 2.61. The van der Waals surface area contributed by atoms with Crippen LogP contribution < -0.4 is 0 Å². The van der Waals surface area contributed by atoms with E-state index in [0.29, 0.717) is 24.6 Å². The van der Waals surface area contributed by atoms with Crippen LogP contribution >= 0.6 is 11.8 Å². The van der Waals surface area contributed by atoms with Gasteiger partial charge in [0.05, 0.1) is 0 Å². The van der Waals surface area contributed by atoms with E-state index in [1.54, 1.807) is 0 Å². The summed E-state index contributed by atoms with van der Waals surface area (Å²) >= 11 is 0.480. The first-order chi connectivity index (χ1) is 4.92. The van der Waals surface area contributed by atoms with Crippen LogP contribution in [0.5, 0.6) is 0 Å². The van der Waals surface area contributed by atoms with Crippen molar-refractivity contribution >= 4 is 11.8 Å². The van der Waals surface area contributed by atoms with E-state index in [1.165, 1.54) is 6.26 Å². The van der Waals surface area contributed by atoms with E-state index >= 15 is 0 Å². The molecule has 0 radical (unpaired) electrons. The Labute approximate surface area is 67.0 Å². The Hall–Kier alpha value is 0.100. The quantitative estimate of drug-likeness (QED) is 0.666. The Kier molecular flexibility index (Phi) is 2.13. The van der Waals surface area contributed by atoms with Crippen LogP contribution in [-0.4, -0.2) is 22.5 Å². The number of rotatable bonds is 2. The Balaban J connectivity index is 2.73. The van der Waals surface area contributed by atoms with Gasteiger partial charge in [0.25, 0.3) is 0 Å². The number of aliphatic hydroxyl groups is 1. The van der Waals surface area contributed by atoms with Gasteiger partial charge in [-0.05, 0) is 19.1 Å². The van der Waals surface area contributed by atoms with Crippen molar-refractivity contribution in [3.63, 3.8) is 0 Å². The SMILES string of the molecule is CSC(O)(C1CC1)C(F)(F)F. The van der Waals surface area contributed by atoms with Crippen LogP contribution in [-0.2, 0) is 0 Å². The summed E-state index contributed by atoms with van der Waals surface area (Å²) in [4.78, 5) is -2.49. The molecule has 1 aliphatic carbocycles. The summed E-state index contributed by atoms with van der Waals surface area (Å²) in [6, 6.07) is 0. The van der Waals surface area contributed by atoms with Crippen molar-refractivity contribution in [2.45, 2.75) is 24.0 Å². The molecule has 11 heavy (non-hydrogen) atoms. The lowest BCUT2D eigenvalue weighted by atomic mass is 10.2. The maximum Gasteiger partial charge on any atom is 0.427 e. The third-order valence-electron chi connectivity index (χ3n) is 1.85. The van der Waals surface area contributed by atoms with E-state index in [1.807, 2.05) is 0 Å². The van der Waals surface area contributed by atoms with Crippen LogP contribution in [0.25, 0.3) is 0 Å². The maximum atomic E-state index is 12.1. The first-order valence-electron chi connectivity index (χ1n) is 3.26. The molecule has 1 saturated carbocycles. The lowest BCUT2D eigenvalue weighted by Crippen LogP contribution is -2.43. The summed E-state index contributed by atoms with van der Waals surface area (Å²) < 4.78 is 36.4. The molecule has 0 amide bonds. The molecule has 0 aromatic heterocycles. The van der Waals surface area contributed by atoms with Gasteiger partial charge in [0, 0.05) is 5.92 Å². The van der Waals surface area contributed by atoms with Crippen molar-refractivity contribution in [3.05, 3.63) is 0 Å². The van der Waals surface area contributed by atoms with Crippen LogP contribution in [0.15, 0.2) is 0 Å². The second-order valence-corrected chi connectivity index (χ2v) is 3.70. The van der Waals surface area contributed by atoms with E-state index in [2.05, 4.69) is 0 Å². The number of alkyl halides is 3. The molecular weight excluding hydrogens is 177 g/mol. The lowest BCUT2D eigenvalue weighted by molar-refractivity contribution is -0.226. The van der Waals surface area contributed by atoms with Crippen molar-refractivity contribution in [2.75, 3.05) is 6.26 Å². The predicted molar refractivity (Wildman–Crippen MR) is 37.2 cm³/mol. The van der Waals surface area contributed by atoms with E-state index in [4.69, 9.17) is 5.11 Å². The molecule has 1 aliphatic rings. The lowest BCUT2D eigenvalue weighted by Gasteiger charge is -2.28. The van der Waals surface area contributed by atoms with Gasteiger partial charge in [0.1, 0.15) is 0 Å². The molecule has 0 aromatic carbocycles. The standard InChI is InChI=1S/C6H9F3OS/c1-11-5(10,4-2-3-4)6(7,8)9/h4,10H,2-3H2,1H3. The van der Waals surface area contributed by atoms with Gasteiger partial charge in [-0.15, -0.1) is 11.8 Å². The summed E-state index contributed by atoms with van der Waals surface area (Å²) in [5, 5.41) is 9.13. The minimum Gasteiger partial charge on any atom is -0.371 e. The summed E-state index contributed by atoms with van der Waals surface area (Å²) in [5.41, 5.74) is 0. The van der Waals surface area contributed by atoms with E-state index in [-0.39, 0.29) is 0 Å². The smallest absolute Gasteiger partial charge is 0.371 e. The summed E-state index contributed by atoms with van der Waals surface area (Å²) in [6.07, 6.45) is -2.24. The normalized spacial score (nSPS) is 24.8. The van der Waals surface area contributed by atoms with Gasteiger partial charge >= 0.3 is 6.18 Å². The van der Waals surface area contributed by atoms with Crippen LogP contribution in [0.2, 0.25) is 0 Å². The fourth-order valence-corrected chi connectivity index (χ4v) is 1.79. The van der Waals surface area contributed by atoms with Crippen LogP contribution in [0.3, 0.4) is 0 Å². The highest BCUT2D eigenvalue weighted by atomic mass is 32.2. The van der Waals surface area contributed by atoms with Crippen molar-refractivity contribution in [1.29, 1.82) is 0 Å². The van der Waals surface area contributed by atoms with Crippen molar-refractivity contribution in [2.24, 2.45) is 5.92 Å². The zero-order valence-corrected chi connectivity index (χ0v) is 6.80. The third kappa shape index (κ3) is 1.49. The number of halogens is 3. The molecule has 1 N–H and O–H groups in total. The van der Waals surface area contributed by atoms with Gasteiger partial charge in [-0.1, -0.05) is 0 Å². The molecule has 1 fully saturated rings. The number of thioether (sulfide) groups is 1. The van der Waals surface area contributed by atoms with Crippen LogP contribution in [0, 0.1) is 5.92 Å². The fourth-order valence-electron chi connectivity index (χ4n) is 0.988. The van der Waals surface area contributed by atoms with E-state index in [9.17, 15) is 13.2 Å². The monoisotopic (exact) mass is 186 g/mol. The number of hydrogen-bond donors (Lipinski definition) is 1. The average molecular weight is 186 g/mol. The van der Waals surface area contributed by atoms with E-state index in [0.717, 1.165) is 0 Å². The van der Waals surface area contributed by atoms with Crippen molar-refractivity contribution in [1.82, 2.24) is 0 Å². The third-order valence-corrected chi connectivity index (χ3v) is 3.04. The van der Waals surface area contributed by atoms with Crippen LogP contribution in [0.4, 0.5) is 13.2 Å². The van der Waals surface area contributed by atoms with E-state index < -0.39 is 17.0 Å². The molecular formula is C6H9F3OS. The summed E-state index contributed by atoms with van der Waals surface area (Å²) in [6.45, 7) is 0. The van der Waals surface area contributed by atoms with Crippen molar-refractivity contribution < 1.29 is 18.3 Å². The predicted octanol–water partition coefficient (Wildman–Crippen LogP) is 2.01. The average Bonchev–Trinajstić information content (AvgIpc) is 2.64. The van der Waals surface area contributed by atoms with Gasteiger partial charge in [0.2, 0.25) is 4.93 Å². The Morgan fingerprint density at radius 1 is 1.36 bits per heavy atom. The minimum atomic E-state index is -4.49. The Morgan fingerprint density at radius 3 is 1.91 bits per heavy atom. The molecule has 1 nitrogen and oxygen atoms in total. The molecule has 5 heteroatoms.